The molecular formula is C42H36N2O6S. The number of hydrogen-bond acceptors (Lipinski definition) is 8. The number of hydrogen-bond donors (Lipinski definition) is 2. The van der Waals surface area contributed by atoms with Gasteiger partial charge in [-0.2, -0.15) is 0 Å². The average molecular weight is 697 g/mol. The van der Waals surface area contributed by atoms with E-state index in [1.807, 2.05) is 91.0 Å². The van der Waals surface area contributed by atoms with Crippen LogP contribution in [0.4, 0.5) is 5.69 Å². The van der Waals surface area contributed by atoms with Crippen LogP contribution in [-0.2, 0) is 16.1 Å². The summed E-state index contributed by atoms with van der Waals surface area (Å²) < 4.78 is 19.5. The highest BCUT2D eigenvalue weighted by atomic mass is 32.2. The van der Waals surface area contributed by atoms with Crippen molar-refractivity contribution in [1.82, 2.24) is 4.98 Å². The maximum Gasteiger partial charge on any atom is 0.256 e. The fourth-order valence-electron chi connectivity index (χ4n) is 5.97. The number of aliphatic hydroxyl groups is 1. The largest absolute Gasteiger partial charge is 0.431 e. The monoisotopic (exact) mass is 696 g/mol. The molecule has 5 aromatic carbocycles. The number of ether oxygens (including phenoxy) is 2. The number of Topliss-reactive ketones (excluding diaryl/α,β-unsaturated/α-hetero) is 1. The summed E-state index contributed by atoms with van der Waals surface area (Å²) in [4.78, 5) is 30.1. The minimum Gasteiger partial charge on any atom is -0.431 e. The first-order chi connectivity index (χ1) is 24.9. The van der Waals surface area contributed by atoms with E-state index in [1.165, 1.54) is 18.7 Å². The fourth-order valence-corrected chi connectivity index (χ4v) is 6.81. The number of oxazole rings is 1. The molecule has 0 aliphatic carbocycles. The van der Waals surface area contributed by atoms with Gasteiger partial charge < -0.3 is 24.3 Å². The third-order valence-electron chi connectivity index (χ3n) is 8.65. The molecule has 6 aromatic rings. The lowest BCUT2D eigenvalue weighted by atomic mass is 10.0. The molecule has 2 N–H and O–H groups in total. The summed E-state index contributed by atoms with van der Waals surface area (Å²) in [6, 6.07) is 41.7. The molecule has 1 aliphatic heterocycles. The molecule has 1 unspecified atom stereocenters. The average Bonchev–Trinajstić information content (AvgIpc) is 3.62. The van der Waals surface area contributed by atoms with E-state index in [0.29, 0.717) is 45.5 Å². The third kappa shape index (κ3) is 8.19. The van der Waals surface area contributed by atoms with Gasteiger partial charge in [0, 0.05) is 45.7 Å². The molecule has 0 spiro atoms. The first-order valence-electron chi connectivity index (χ1n) is 16.7. The first-order valence-corrected chi connectivity index (χ1v) is 17.7. The van der Waals surface area contributed by atoms with E-state index in [2.05, 4.69) is 5.32 Å². The summed E-state index contributed by atoms with van der Waals surface area (Å²) in [5.74, 6) is 0.855. The van der Waals surface area contributed by atoms with E-state index in [1.54, 1.807) is 42.5 Å². The van der Waals surface area contributed by atoms with E-state index in [0.717, 1.165) is 27.9 Å². The molecule has 1 amide bonds. The van der Waals surface area contributed by atoms with E-state index in [-0.39, 0.29) is 30.5 Å². The molecule has 256 valence electrons. The maximum atomic E-state index is 13.3. The molecule has 8 nitrogen and oxygen atoms in total. The Morgan fingerprint density at radius 3 is 2.22 bits per heavy atom. The van der Waals surface area contributed by atoms with Gasteiger partial charge in [-0.25, -0.2) is 4.98 Å². The summed E-state index contributed by atoms with van der Waals surface area (Å²) in [6.45, 7) is 1.44. The van der Waals surface area contributed by atoms with Crippen LogP contribution < -0.4 is 5.32 Å². The van der Waals surface area contributed by atoms with Crippen molar-refractivity contribution in [2.24, 2.45) is 0 Å². The van der Waals surface area contributed by atoms with Gasteiger partial charge in [-0.1, -0.05) is 121 Å². The number of aromatic nitrogens is 1. The minimum atomic E-state index is -0.759. The van der Waals surface area contributed by atoms with Gasteiger partial charge in [0.05, 0.1) is 18.8 Å². The predicted molar refractivity (Wildman–Crippen MR) is 197 cm³/mol. The molecule has 1 fully saturated rings. The number of nitrogens with one attached hydrogen (secondary N) is 1. The highest BCUT2D eigenvalue weighted by molar-refractivity contribution is 7.99. The van der Waals surface area contributed by atoms with Crippen LogP contribution in [0, 0.1) is 0 Å². The summed E-state index contributed by atoms with van der Waals surface area (Å²) in [6.07, 6.45) is -0.745. The summed E-state index contributed by atoms with van der Waals surface area (Å²) >= 11 is 1.48. The number of anilines is 1. The van der Waals surface area contributed by atoms with Gasteiger partial charge in [0.25, 0.3) is 11.1 Å². The van der Waals surface area contributed by atoms with Crippen LogP contribution in [0.3, 0.4) is 0 Å². The molecule has 2 heterocycles. The number of nitrogens with zero attached hydrogens (tertiary/aromatic N) is 1. The highest BCUT2D eigenvalue weighted by Gasteiger charge is 2.33. The van der Waals surface area contributed by atoms with E-state index in [4.69, 9.17) is 18.9 Å². The second-order valence-corrected chi connectivity index (χ2v) is 13.2. The maximum absolute atomic E-state index is 13.3. The van der Waals surface area contributed by atoms with Crippen molar-refractivity contribution in [3.05, 3.63) is 161 Å². The molecule has 1 aromatic heterocycles. The van der Waals surface area contributed by atoms with Crippen molar-refractivity contribution >= 4 is 29.1 Å². The Morgan fingerprint density at radius 2 is 1.49 bits per heavy atom. The Balaban J connectivity index is 1.13. The number of thioether (sulfide) groups is 1. The van der Waals surface area contributed by atoms with Crippen molar-refractivity contribution in [2.45, 2.75) is 43.7 Å². The molecule has 3 atom stereocenters. The molecule has 0 radical (unpaired) electrons. The van der Waals surface area contributed by atoms with Crippen molar-refractivity contribution < 1.29 is 28.6 Å². The third-order valence-corrected chi connectivity index (χ3v) is 9.61. The van der Waals surface area contributed by atoms with Crippen LogP contribution in [0.15, 0.2) is 143 Å². The Morgan fingerprint density at radius 1 is 0.784 bits per heavy atom. The molecular weight excluding hydrogens is 661 g/mol. The van der Waals surface area contributed by atoms with Gasteiger partial charge >= 0.3 is 0 Å². The minimum absolute atomic E-state index is 0.0448. The quantitative estimate of drug-likeness (QED) is 0.102. The van der Waals surface area contributed by atoms with E-state index < -0.39 is 6.29 Å². The zero-order valence-electron chi connectivity index (χ0n) is 27.9. The molecule has 1 saturated heterocycles. The Bertz CT molecular complexity index is 2060. The summed E-state index contributed by atoms with van der Waals surface area (Å²) in [7, 11) is 0. The standard InChI is InChI=1S/C42H36N2O6S/c1-27(46)32-14-9-17-35(23-32)43-40(47)33-15-8-16-34(22-33)41-48-36(24-37(49-41)29-20-18-28(25-45)19-21-29)26-51-42-44-38(30-10-4-2-5-11-30)39(50-42)31-12-6-3-7-13-31/h2-23,36-37,41,45H,24-26H2,1H3,(H,43,47)/t36-,37+,41?/m0/s1. The number of carbonyl (C=O) groups is 2. The van der Waals surface area contributed by atoms with Crippen LogP contribution >= 0.6 is 11.8 Å². The SMILES string of the molecule is CC(=O)c1cccc(NC(=O)c2cccc(C3O[C@H](CSc4nc(-c5ccccc5)c(-c5ccccc5)o4)C[C@H](c4ccc(CO)cc4)O3)c2)c1. The van der Waals surface area contributed by atoms with Crippen molar-refractivity contribution in [3.8, 4) is 22.6 Å². The van der Waals surface area contributed by atoms with Gasteiger partial charge in [0.15, 0.2) is 17.8 Å². The second-order valence-electron chi connectivity index (χ2n) is 12.3. The lowest BCUT2D eigenvalue weighted by Gasteiger charge is -2.36. The topological polar surface area (TPSA) is 111 Å². The van der Waals surface area contributed by atoms with Crippen molar-refractivity contribution in [3.63, 3.8) is 0 Å². The van der Waals surface area contributed by atoms with Crippen molar-refractivity contribution in [2.75, 3.05) is 11.1 Å². The lowest BCUT2D eigenvalue weighted by molar-refractivity contribution is -0.245. The smallest absolute Gasteiger partial charge is 0.256 e. The van der Waals surface area contributed by atoms with Gasteiger partial charge in [0.2, 0.25) is 0 Å². The normalized spacial score (nSPS) is 17.2. The van der Waals surface area contributed by atoms with Gasteiger partial charge in [-0.15, -0.1) is 0 Å². The number of rotatable bonds is 11. The number of ketones is 1. The summed E-state index contributed by atoms with van der Waals surface area (Å²) in [5.41, 5.74) is 6.64. The van der Waals surface area contributed by atoms with Crippen LogP contribution in [0.25, 0.3) is 22.6 Å². The first kappa shape index (κ1) is 34.1. The van der Waals surface area contributed by atoms with Gasteiger partial charge in [-0.05, 0) is 42.3 Å². The second kappa shape index (κ2) is 15.7. The van der Waals surface area contributed by atoms with Crippen LogP contribution in [0.1, 0.15) is 63.1 Å². The van der Waals surface area contributed by atoms with Gasteiger partial charge in [-0.3, -0.25) is 9.59 Å². The number of amides is 1. The molecule has 51 heavy (non-hydrogen) atoms. The van der Waals surface area contributed by atoms with Gasteiger partial charge in [0.1, 0.15) is 5.69 Å². The molecule has 7 rings (SSSR count). The van der Waals surface area contributed by atoms with E-state index >= 15 is 0 Å². The zero-order valence-corrected chi connectivity index (χ0v) is 28.7. The Hall–Kier alpha value is -5.32. The Labute approximate surface area is 300 Å². The lowest BCUT2D eigenvalue weighted by Crippen LogP contribution is -2.31. The Kier molecular flexibility index (Phi) is 10.5. The summed E-state index contributed by atoms with van der Waals surface area (Å²) in [5, 5.41) is 13.0. The number of aliphatic hydroxyl groups excluding tert-OH is 1. The van der Waals surface area contributed by atoms with Crippen LogP contribution in [0.2, 0.25) is 0 Å². The molecule has 0 bridgehead atoms. The molecule has 0 saturated carbocycles. The number of carbonyl (C=O) groups excluding carboxylic acids is 2. The zero-order chi connectivity index (χ0) is 35.2. The molecule has 1 aliphatic rings. The number of benzene rings is 5. The van der Waals surface area contributed by atoms with Crippen LogP contribution in [-0.4, -0.2) is 33.6 Å². The van der Waals surface area contributed by atoms with E-state index in [9.17, 15) is 14.7 Å². The predicted octanol–water partition coefficient (Wildman–Crippen LogP) is 9.29. The fraction of sp³-hybridized carbons (Fsp3) is 0.167. The molecule has 9 heteroatoms. The van der Waals surface area contributed by atoms with Crippen LogP contribution in [0.5, 0.6) is 0 Å². The van der Waals surface area contributed by atoms with Crippen molar-refractivity contribution in [1.29, 1.82) is 0 Å². The highest BCUT2D eigenvalue weighted by Crippen LogP contribution is 2.41.